The summed E-state index contributed by atoms with van der Waals surface area (Å²) in [5, 5.41) is 13.8. The van der Waals surface area contributed by atoms with E-state index in [1.54, 1.807) is 19.0 Å². The van der Waals surface area contributed by atoms with Crippen LogP contribution in [0.1, 0.15) is 46.5 Å². The molecule has 0 aliphatic carbocycles. The lowest BCUT2D eigenvalue weighted by Crippen LogP contribution is -2.50. The number of rotatable bonds is 6. The molecule has 1 rings (SSSR count). The number of carbonyl (C=O) groups excluding carboxylic acids is 1. The number of amides is 2. The van der Waals surface area contributed by atoms with Crippen LogP contribution in [0.4, 0.5) is 4.79 Å². The lowest BCUT2D eigenvalue weighted by Gasteiger charge is -2.35. The van der Waals surface area contributed by atoms with Gasteiger partial charge in [0.05, 0.1) is 5.60 Å². The second kappa shape index (κ2) is 7.99. The van der Waals surface area contributed by atoms with Crippen LogP contribution in [0.3, 0.4) is 0 Å². The van der Waals surface area contributed by atoms with E-state index in [9.17, 15) is 9.90 Å². The van der Waals surface area contributed by atoms with E-state index in [2.05, 4.69) is 19.2 Å². The van der Waals surface area contributed by atoms with Crippen molar-refractivity contribution in [3.63, 3.8) is 0 Å². The van der Waals surface area contributed by atoms with Crippen LogP contribution in [0.15, 0.2) is 0 Å². The number of carbonyl (C=O) groups is 1. The number of aliphatic hydroxyl groups is 1. The highest BCUT2D eigenvalue weighted by atomic mass is 16.3. The highest BCUT2D eigenvalue weighted by molar-refractivity contribution is 5.73. The van der Waals surface area contributed by atoms with Crippen molar-refractivity contribution in [1.29, 1.82) is 0 Å². The van der Waals surface area contributed by atoms with E-state index in [0.29, 0.717) is 18.5 Å². The molecule has 0 radical (unpaired) electrons. The van der Waals surface area contributed by atoms with Crippen LogP contribution in [0.5, 0.6) is 0 Å². The molecular formula is C16H33N3O2. The minimum atomic E-state index is -0.638. The number of likely N-dealkylation sites (tertiary alicyclic amines) is 1. The maximum absolute atomic E-state index is 11.9. The third kappa shape index (κ3) is 6.66. The summed E-state index contributed by atoms with van der Waals surface area (Å²) in [6, 6.07) is 0.499. The molecular weight excluding hydrogens is 266 g/mol. The molecule has 5 nitrogen and oxygen atoms in total. The van der Waals surface area contributed by atoms with Gasteiger partial charge in [-0.3, -0.25) is 0 Å². The fourth-order valence-corrected chi connectivity index (χ4v) is 2.61. The molecule has 1 unspecified atom stereocenters. The van der Waals surface area contributed by atoms with Gasteiger partial charge in [-0.2, -0.15) is 0 Å². The van der Waals surface area contributed by atoms with Gasteiger partial charge in [-0.25, -0.2) is 4.79 Å². The molecule has 1 saturated heterocycles. The normalized spacial score (nSPS) is 19.7. The molecule has 0 spiro atoms. The zero-order valence-corrected chi connectivity index (χ0v) is 14.4. The summed E-state index contributed by atoms with van der Waals surface area (Å²) < 4.78 is 0. The quantitative estimate of drug-likeness (QED) is 0.788. The fourth-order valence-electron chi connectivity index (χ4n) is 2.61. The lowest BCUT2D eigenvalue weighted by atomic mass is 9.94. The monoisotopic (exact) mass is 299 g/mol. The molecule has 1 atom stereocenters. The van der Waals surface area contributed by atoms with E-state index in [0.717, 1.165) is 38.8 Å². The van der Waals surface area contributed by atoms with Gasteiger partial charge in [0.15, 0.2) is 0 Å². The van der Waals surface area contributed by atoms with Gasteiger partial charge >= 0.3 is 6.03 Å². The van der Waals surface area contributed by atoms with Gasteiger partial charge in [0, 0.05) is 39.8 Å². The summed E-state index contributed by atoms with van der Waals surface area (Å²) in [6.07, 6.45) is 3.79. The Morgan fingerprint density at radius 1 is 1.38 bits per heavy atom. The van der Waals surface area contributed by atoms with Gasteiger partial charge in [0.25, 0.3) is 0 Å². The van der Waals surface area contributed by atoms with Crippen LogP contribution in [0.25, 0.3) is 0 Å². The van der Waals surface area contributed by atoms with Gasteiger partial charge in [0.2, 0.25) is 0 Å². The van der Waals surface area contributed by atoms with Crippen molar-refractivity contribution in [3.8, 4) is 0 Å². The van der Waals surface area contributed by atoms with Gasteiger partial charge in [-0.15, -0.1) is 0 Å². The van der Waals surface area contributed by atoms with Crippen molar-refractivity contribution in [2.45, 2.75) is 58.1 Å². The molecule has 0 aromatic carbocycles. The molecule has 5 heteroatoms. The Morgan fingerprint density at radius 2 is 1.95 bits per heavy atom. The Kier molecular flexibility index (Phi) is 6.94. The van der Waals surface area contributed by atoms with E-state index in [4.69, 9.17) is 0 Å². The van der Waals surface area contributed by atoms with E-state index in [1.807, 2.05) is 11.8 Å². The Hall–Kier alpha value is -0.810. The second-order valence-corrected chi connectivity index (χ2v) is 7.25. The molecule has 124 valence electrons. The third-order valence-corrected chi connectivity index (χ3v) is 4.18. The zero-order valence-electron chi connectivity index (χ0n) is 14.4. The molecule has 1 fully saturated rings. The first-order chi connectivity index (χ1) is 9.71. The maximum Gasteiger partial charge on any atom is 0.319 e. The predicted molar refractivity (Wildman–Crippen MR) is 86.4 cm³/mol. The van der Waals surface area contributed by atoms with Crippen LogP contribution < -0.4 is 5.32 Å². The van der Waals surface area contributed by atoms with Gasteiger partial charge in [-0.05, 0) is 38.5 Å². The topological polar surface area (TPSA) is 55.8 Å². The molecule has 0 saturated carbocycles. The summed E-state index contributed by atoms with van der Waals surface area (Å²) in [5.74, 6) is 0.622. The Balaban J connectivity index is 2.28. The van der Waals surface area contributed by atoms with Crippen LogP contribution in [0, 0.1) is 5.92 Å². The van der Waals surface area contributed by atoms with Gasteiger partial charge in [0.1, 0.15) is 0 Å². The Bertz CT molecular complexity index is 321. The maximum atomic E-state index is 11.9. The average molecular weight is 299 g/mol. The number of nitrogens with zero attached hydrogens (tertiary/aromatic N) is 2. The summed E-state index contributed by atoms with van der Waals surface area (Å²) in [4.78, 5) is 15.4. The van der Waals surface area contributed by atoms with Crippen molar-refractivity contribution in [2.75, 3.05) is 33.7 Å². The first-order valence-electron chi connectivity index (χ1n) is 8.13. The summed E-state index contributed by atoms with van der Waals surface area (Å²) in [5.41, 5.74) is -0.638. The number of nitrogens with one attached hydrogen (secondary N) is 1. The van der Waals surface area contributed by atoms with E-state index >= 15 is 0 Å². The van der Waals surface area contributed by atoms with Crippen molar-refractivity contribution < 1.29 is 9.90 Å². The van der Waals surface area contributed by atoms with Crippen LogP contribution in [-0.4, -0.2) is 66.3 Å². The standard InChI is InChI=1S/C16H33N3O2/c1-13(2)6-9-16(3,21)12-17-14-7-10-19(11-8-14)15(20)18(4)5/h13-14,17,21H,6-12H2,1-5H3. The van der Waals surface area contributed by atoms with Gasteiger partial charge < -0.3 is 20.2 Å². The average Bonchev–Trinajstić information content (AvgIpc) is 2.43. The number of hydrogen-bond acceptors (Lipinski definition) is 3. The molecule has 1 heterocycles. The highest BCUT2D eigenvalue weighted by Gasteiger charge is 2.26. The number of urea groups is 1. The fraction of sp³-hybridized carbons (Fsp3) is 0.938. The molecule has 2 amide bonds. The SMILES string of the molecule is CC(C)CCC(C)(O)CNC1CCN(C(=O)N(C)C)CC1. The highest BCUT2D eigenvalue weighted by Crippen LogP contribution is 2.17. The second-order valence-electron chi connectivity index (χ2n) is 7.25. The molecule has 0 aromatic rings. The summed E-state index contributed by atoms with van der Waals surface area (Å²) >= 11 is 0. The summed E-state index contributed by atoms with van der Waals surface area (Å²) in [6.45, 7) is 8.49. The van der Waals surface area contributed by atoms with E-state index in [-0.39, 0.29) is 6.03 Å². The Labute approximate surface area is 129 Å². The Morgan fingerprint density at radius 3 is 2.43 bits per heavy atom. The third-order valence-electron chi connectivity index (χ3n) is 4.18. The number of hydrogen-bond donors (Lipinski definition) is 2. The van der Waals surface area contributed by atoms with E-state index < -0.39 is 5.60 Å². The molecule has 1 aliphatic heterocycles. The predicted octanol–water partition coefficient (Wildman–Crippen LogP) is 1.91. The van der Waals surface area contributed by atoms with Crippen LogP contribution in [0.2, 0.25) is 0 Å². The largest absolute Gasteiger partial charge is 0.389 e. The number of piperidine rings is 1. The molecule has 2 N–H and O–H groups in total. The minimum Gasteiger partial charge on any atom is -0.389 e. The van der Waals surface area contributed by atoms with Crippen molar-refractivity contribution in [1.82, 2.24) is 15.1 Å². The first kappa shape index (κ1) is 18.2. The van der Waals surface area contributed by atoms with Crippen LogP contribution in [-0.2, 0) is 0 Å². The minimum absolute atomic E-state index is 0.0948. The van der Waals surface area contributed by atoms with Crippen molar-refractivity contribution in [2.24, 2.45) is 5.92 Å². The molecule has 1 aliphatic rings. The van der Waals surface area contributed by atoms with Crippen molar-refractivity contribution >= 4 is 6.03 Å². The van der Waals surface area contributed by atoms with E-state index in [1.165, 1.54) is 0 Å². The van der Waals surface area contributed by atoms with Gasteiger partial charge in [-0.1, -0.05) is 13.8 Å². The summed E-state index contributed by atoms with van der Waals surface area (Å²) in [7, 11) is 3.58. The molecule has 21 heavy (non-hydrogen) atoms. The smallest absolute Gasteiger partial charge is 0.319 e. The molecule has 0 aromatic heterocycles. The zero-order chi connectivity index (χ0) is 16.0. The van der Waals surface area contributed by atoms with Crippen LogP contribution >= 0.6 is 0 Å². The lowest BCUT2D eigenvalue weighted by molar-refractivity contribution is 0.0399. The van der Waals surface area contributed by atoms with Crippen molar-refractivity contribution in [3.05, 3.63) is 0 Å². The first-order valence-corrected chi connectivity index (χ1v) is 8.13. The molecule has 0 bridgehead atoms.